The van der Waals surface area contributed by atoms with E-state index in [1.54, 1.807) is 19.2 Å². The van der Waals surface area contributed by atoms with Crippen LogP contribution in [0.5, 0.6) is 5.75 Å². The van der Waals surface area contributed by atoms with Crippen molar-refractivity contribution < 1.29 is 14.3 Å². The quantitative estimate of drug-likeness (QED) is 0.600. The van der Waals surface area contributed by atoms with E-state index in [4.69, 9.17) is 4.74 Å². The van der Waals surface area contributed by atoms with Crippen LogP contribution in [0.25, 0.3) is 10.6 Å². The van der Waals surface area contributed by atoms with Crippen LogP contribution in [0.3, 0.4) is 0 Å². The first-order chi connectivity index (χ1) is 14.4. The zero-order chi connectivity index (χ0) is 21.7. The van der Waals surface area contributed by atoms with Crippen molar-refractivity contribution in [1.82, 2.24) is 15.5 Å². The molecule has 0 bridgehead atoms. The molecular formula is C22H24N4O3S. The lowest BCUT2D eigenvalue weighted by Gasteiger charge is -2.21. The number of ether oxygens (including phenoxy) is 1. The van der Waals surface area contributed by atoms with Crippen LogP contribution >= 0.6 is 11.3 Å². The first kappa shape index (κ1) is 21.4. The van der Waals surface area contributed by atoms with Crippen LogP contribution in [0.15, 0.2) is 48.5 Å². The summed E-state index contributed by atoms with van der Waals surface area (Å²) in [6.45, 7) is 5.71. The van der Waals surface area contributed by atoms with Crippen LogP contribution in [0.1, 0.15) is 29.8 Å². The number of aryl methyl sites for hydroxylation is 1. The van der Waals surface area contributed by atoms with Crippen molar-refractivity contribution in [2.75, 3.05) is 12.4 Å². The number of anilines is 1. The number of aromatic nitrogens is 2. The Morgan fingerprint density at radius 3 is 2.27 bits per heavy atom. The molecule has 3 aromatic rings. The molecule has 1 heterocycles. The van der Waals surface area contributed by atoms with E-state index in [1.165, 1.54) is 11.3 Å². The molecular weight excluding hydrogens is 400 g/mol. The van der Waals surface area contributed by atoms with E-state index >= 15 is 0 Å². The molecule has 0 saturated heterocycles. The maximum atomic E-state index is 12.8. The first-order valence-electron chi connectivity index (χ1n) is 9.53. The maximum absolute atomic E-state index is 12.8. The number of hydrogen-bond acceptors (Lipinski definition) is 6. The smallest absolute Gasteiger partial charge is 0.251 e. The third-order valence-corrected chi connectivity index (χ3v) is 5.43. The van der Waals surface area contributed by atoms with Gasteiger partial charge >= 0.3 is 0 Å². The molecule has 0 aliphatic carbocycles. The molecule has 8 heteroatoms. The number of benzene rings is 2. The first-order valence-corrected chi connectivity index (χ1v) is 10.4. The largest absolute Gasteiger partial charge is 0.497 e. The summed E-state index contributed by atoms with van der Waals surface area (Å²) in [6, 6.07) is 13.9. The zero-order valence-corrected chi connectivity index (χ0v) is 18.1. The van der Waals surface area contributed by atoms with Gasteiger partial charge in [0.05, 0.1) is 7.11 Å². The molecule has 0 radical (unpaired) electrons. The topological polar surface area (TPSA) is 93.2 Å². The van der Waals surface area contributed by atoms with Crippen molar-refractivity contribution in [2.24, 2.45) is 5.92 Å². The molecule has 2 N–H and O–H groups in total. The van der Waals surface area contributed by atoms with Gasteiger partial charge in [0, 0.05) is 11.1 Å². The van der Waals surface area contributed by atoms with E-state index in [2.05, 4.69) is 20.8 Å². The molecule has 0 saturated carbocycles. The number of rotatable bonds is 7. The van der Waals surface area contributed by atoms with E-state index in [9.17, 15) is 9.59 Å². The van der Waals surface area contributed by atoms with E-state index < -0.39 is 6.04 Å². The van der Waals surface area contributed by atoms with Crippen LogP contribution in [-0.2, 0) is 4.79 Å². The van der Waals surface area contributed by atoms with Crippen molar-refractivity contribution in [3.8, 4) is 16.3 Å². The van der Waals surface area contributed by atoms with Crippen LogP contribution < -0.4 is 15.4 Å². The molecule has 1 atom stereocenters. The summed E-state index contributed by atoms with van der Waals surface area (Å²) < 4.78 is 5.16. The molecule has 7 nitrogen and oxygen atoms in total. The van der Waals surface area contributed by atoms with Gasteiger partial charge in [-0.3, -0.25) is 14.9 Å². The van der Waals surface area contributed by atoms with Gasteiger partial charge in [-0.05, 0) is 49.2 Å². The highest BCUT2D eigenvalue weighted by molar-refractivity contribution is 7.18. The van der Waals surface area contributed by atoms with Crippen molar-refractivity contribution in [2.45, 2.75) is 26.8 Å². The third kappa shape index (κ3) is 5.21. The minimum absolute atomic E-state index is 0.103. The number of carbonyl (C=O) groups excluding carboxylic acids is 2. The van der Waals surface area contributed by atoms with Crippen LogP contribution in [0.2, 0.25) is 0 Å². The van der Waals surface area contributed by atoms with Gasteiger partial charge in [-0.15, -0.1) is 10.2 Å². The van der Waals surface area contributed by atoms with Gasteiger partial charge in [0.25, 0.3) is 5.91 Å². The Balaban J connectivity index is 1.68. The molecule has 30 heavy (non-hydrogen) atoms. The van der Waals surface area contributed by atoms with Crippen LogP contribution in [-0.4, -0.2) is 35.2 Å². The number of carbonyl (C=O) groups is 2. The summed E-state index contributed by atoms with van der Waals surface area (Å²) in [5.41, 5.74) is 2.45. The highest BCUT2D eigenvalue weighted by Gasteiger charge is 2.25. The highest BCUT2D eigenvalue weighted by atomic mass is 32.1. The third-order valence-electron chi connectivity index (χ3n) is 4.54. The van der Waals surface area contributed by atoms with Gasteiger partial charge in [0.2, 0.25) is 11.0 Å². The lowest BCUT2D eigenvalue weighted by Crippen LogP contribution is -2.47. The monoisotopic (exact) mass is 424 g/mol. The lowest BCUT2D eigenvalue weighted by molar-refractivity contribution is -0.118. The van der Waals surface area contributed by atoms with Gasteiger partial charge in [0.15, 0.2) is 0 Å². The Hall–Kier alpha value is -3.26. The normalized spacial score (nSPS) is 11.8. The fourth-order valence-corrected chi connectivity index (χ4v) is 3.52. The molecule has 0 spiro atoms. The summed E-state index contributed by atoms with van der Waals surface area (Å²) in [5, 5.41) is 14.8. The van der Waals surface area contributed by atoms with Crippen LogP contribution in [0, 0.1) is 12.8 Å². The molecule has 3 rings (SSSR count). The van der Waals surface area contributed by atoms with E-state index in [0.29, 0.717) is 15.7 Å². The Bertz CT molecular complexity index is 1010. The molecule has 2 aromatic carbocycles. The predicted octanol–water partition coefficient (Wildman–Crippen LogP) is 3.92. The minimum atomic E-state index is -0.702. The van der Waals surface area contributed by atoms with Gasteiger partial charge in [-0.25, -0.2) is 0 Å². The Morgan fingerprint density at radius 1 is 1.00 bits per heavy atom. The second-order valence-electron chi connectivity index (χ2n) is 7.19. The molecule has 1 unspecified atom stereocenters. The van der Waals surface area contributed by atoms with Gasteiger partial charge < -0.3 is 10.1 Å². The summed E-state index contributed by atoms with van der Waals surface area (Å²) in [6.07, 6.45) is 0. The lowest BCUT2D eigenvalue weighted by atomic mass is 10.0. The van der Waals surface area contributed by atoms with Crippen molar-refractivity contribution >= 4 is 28.3 Å². The fraction of sp³-hybridized carbons (Fsp3) is 0.273. The summed E-state index contributed by atoms with van der Waals surface area (Å²) in [4.78, 5) is 25.3. The number of nitrogens with zero attached hydrogens (tertiary/aromatic N) is 2. The number of hydrogen-bond donors (Lipinski definition) is 2. The van der Waals surface area contributed by atoms with Gasteiger partial charge in [0.1, 0.15) is 16.8 Å². The summed E-state index contributed by atoms with van der Waals surface area (Å²) in [5.74, 6) is 0.0252. The molecule has 0 aliphatic rings. The Morgan fingerprint density at radius 2 is 1.67 bits per heavy atom. The van der Waals surface area contributed by atoms with E-state index in [0.717, 1.165) is 16.9 Å². The minimum Gasteiger partial charge on any atom is -0.497 e. The molecule has 156 valence electrons. The van der Waals surface area contributed by atoms with Crippen molar-refractivity contribution in [1.29, 1.82) is 0 Å². The van der Waals surface area contributed by atoms with Crippen molar-refractivity contribution in [3.63, 3.8) is 0 Å². The van der Waals surface area contributed by atoms with Gasteiger partial charge in [-0.2, -0.15) is 0 Å². The van der Waals surface area contributed by atoms with Crippen LogP contribution in [0.4, 0.5) is 5.13 Å². The molecule has 0 fully saturated rings. The number of amides is 2. The molecule has 2 amide bonds. The average molecular weight is 425 g/mol. The SMILES string of the molecule is COc1ccc(-c2nnc(NC(=O)C(NC(=O)c3ccc(C)cc3)C(C)C)s2)cc1. The molecule has 1 aromatic heterocycles. The molecule has 0 aliphatic heterocycles. The van der Waals surface area contributed by atoms with E-state index in [1.807, 2.05) is 57.2 Å². The number of nitrogens with one attached hydrogen (secondary N) is 2. The average Bonchev–Trinajstić information content (AvgIpc) is 3.20. The second-order valence-corrected chi connectivity index (χ2v) is 8.17. The summed E-state index contributed by atoms with van der Waals surface area (Å²) >= 11 is 1.27. The Labute approximate surface area is 179 Å². The Kier molecular flexibility index (Phi) is 6.79. The van der Waals surface area contributed by atoms with Gasteiger partial charge in [-0.1, -0.05) is 42.9 Å². The zero-order valence-electron chi connectivity index (χ0n) is 17.3. The summed E-state index contributed by atoms with van der Waals surface area (Å²) in [7, 11) is 1.61. The fourth-order valence-electron chi connectivity index (χ4n) is 2.77. The second kappa shape index (κ2) is 9.49. The van der Waals surface area contributed by atoms with E-state index in [-0.39, 0.29) is 17.7 Å². The standard InChI is InChI=1S/C22H24N4O3S/c1-13(2)18(23-19(27)15-7-5-14(3)6-8-15)20(28)24-22-26-25-21(30-22)16-9-11-17(29-4)12-10-16/h5-13,18H,1-4H3,(H,23,27)(H,24,26,28). The predicted molar refractivity (Wildman–Crippen MR) is 118 cm³/mol. The maximum Gasteiger partial charge on any atom is 0.251 e. The van der Waals surface area contributed by atoms with Crippen molar-refractivity contribution in [3.05, 3.63) is 59.7 Å². The number of methoxy groups -OCH3 is 1. The highest BCUT2D eigenvalue weighted by Crippen LogP contribution is 2.28.